The average Bonchev–Trinajstić information content (AvgIpc) is 2.45. The first kappa shape index (κ1) is 16.0. The van der Waals surface area contributed by atoms with Crippen molar-refractivity contribution in [1.29, 1.82) is 0 Å². The predicted octanol–water partition coefficient (Wildman–Crippen LogP) is 0.0488. The van der Waals surface area contributed by atoms with Gasteiger partial charge in [0.05, 0.1) is 24.1 Å². The first-order valence-electron chi connectivity index (χ1n) is 6.91. The average molecular weight is 314 g/mol. The van der Waals surface area contributed by atoms with Gasteiger partial charge in [0.25, 0.3) is 0 Å². The van der Waals surface area contributed by atoms with Crippen LogP contribution in [0.4, 0.5) is 11.4 Å². The second-order valence-corrected chi connectivity index (χ2v) is 6.56. The third-order valence-electron chi connectivity index (χ3n) is 3.56. The number of benzene rings is 1. The van der Waals surface area contributed by atoms with Crippen molar-refractivity contribution in [3.8, 4) is 0 Å². The number of hydrogen-bond donors (Lipinski definition) is 3. The summed E-state index contributed by atoms with van der Waals surface area (Å²) in [5.41, 5.74) is 6.56. The van der Waals surface area contributed by atoms with Crippen LogP contribution in [0.3, 0.4) is 0 Å². The number of rotatable bonds is 5. The Morgan fingerprint density at radius 3 is 2.90 bits per heavy atom. The fourth-order valence-corrected chi connectivity index (χ4v) is 3.05. The van der Waals surface area contributed by atoms with E-state index in [1.165, 1.54) is 6.07 Å². The quantitative estimate of drug-likeness (QED) is 0.662. The van der Waals surface area contributed by atoms with Crippen molar-refractivity contribution in [3.05, 3.63) is 18.2 Å². The predicted molar refractivity (Wildman–Crippen MR) is 82.6 cm³/mol. The maximum Gasteiger partial charge on any atom is 0.240 e. The van der Waals surface area contributed by atoms with E-state index >= 15 is 0 Å². The SMILES string of the molecule is CCN1CCOC(CNc2cccc(S(N)(=O)=O)c2N)C1. The Morgan fingerprint density at radius 2 is 2.24 bits per heavy atom. The number of nitrogens with two attached hydrogens (primary N) is 2. The number of nitrogens with zero attached hydrogens (tertiary/aromatic N) is 1. The Balaban J connectivity index is 2.04. The van der Waals surface area contributed by atoms with Gasteiger partial charge >= 0.3 is 0 Å². The highest BCUT2D eigenvalue weighted by Crippen LogP contribution is 2.25. The summed E-state index contributed by atoms with van der Waals surface area (Å²) in [6.45, 7) is 6.16. The summed E-state index contributed by atoms with van der Waals surface area (Å²) >= 11 is 0. The summed E-state index contributed by atoms with van der Waals surface area (Å²) in [5.74, 6) is 0. The topological polar surface area (TPSA) is 111 Å². The number of para-hydroxylation sites is 1. The van der Waals surface area contributed by atoms with Crippen molar-refractivity contribution in [3.63, 3.8) is 0 Å². The van der Waals surface area contributed by atoms with Gasteiger partial charge in [-0.05, 0) is 18.7 Å². The molecule has 0 aromatic heterocycles. The second-order valence-electron chi connectivity index (χ2n) is 5.03. The highest BCUT2D eigenvalue weighted by molar-refractivity contribution is 7.89. The Labute approximate surface area is 125 Å². The first-order chi connectivity index (χ1) is 9.91. The molecule has 21 heavy (non-hydrogen) atoms. The van der Waals surface area contributed by atoms with Gasteiger partial charge in [-0.1, -0.05) is 13.0 Å². The number of hydrogen-bond acceptors (Lipinski definition) is 6. The molecule has 0 radical (unpaired) electrons. The molecule has 1 aromatic carbocycles. The fraction of sp³-hybridized carbons (Fsp3) is 0.538. The second kappa shape index (κ2) is 6.61. The minimum atomic E-state index is -3.82. The Morgan fingerprint density at radius 1 is 1.48 bits per heavy atom. The van der Waals surface area contributed by atoms with Crippen LogP contribution in [0.1, 0.15) is 6.92 Å². The van der Waals surface area contributed by atoms with E-state index in [0.29, 0.717) is 18.8 Å². The molecule has 1 saturated heterocycles. The van der Waals surface area contributed by atoms with Crippen molar-refractivity contribution >= 4 is 21.4 Å². The maximum absolute atomic E-state index is 11.4. The molecule has 1 unspecified atom stereocenters. The van der Waals surface area contributed by atoms with Crippen LogP contribution >= 0.6 is 0 Å². The van der Waals surface area contributed by atoms with Crippen LogP contribution in [-0.2, 0) is 14.8 Å². The minimum Gasteiger partial charge on any atom is -0.396 e. The lowest BCUT2D eigenvalue weighted by Gasteiger charge is -2.32. The van der Waals surface area contributed by atoms with E-state index in [1.54, 1.807) is 12.1 Å². The standard InChI is InChI=1S/C13H22N4O3S/c1-2-17-6-7-20-10(9-17)8-16-11-4-3-5-12(13(11)14)21(15,18)19/h3-5,10,16H,2,6-9,14H2,1H3,(H2,15,18,19). The third-order valence-corrected chi connectivity index (χ3v) is 4.53. The molecule has 0 amide bonds. The van der Waals surface area contributed by atoms with E-state index in [4.69, 9.17) is 15.6 Å². The van der Waals surface area contributed by atoms with Crippen molar-refractivity contribution in [2.24, 2.45) is 5.14 Å². The Hall–Kier alpha value is -1.35. The molecule has 1 aliphatic heterocycles. The number of sulfonamides is 1. The summed E-state index contributed by atoms with van der Waals surface area (Å²) in [6.07, 6.45) is 0.0521. The molecule has 7 nitrogen and oxygen atoms in total. The lowest BCUT2D eigenvalue weighted by molar-refractivity contribution is -0.0191. The van der Waals surface area contributed by atoms with Crippen LogP contribution in [0.15, 0.2) is 23.1 Å². The lowest BCUT2D eigenvalue weighted by Crippen LogP contribution is -2.45. The monoisotopic (exact) mass is 314 g/mol. The van der Waals surface area contributed by atoms with Gasteiger partial charge in [-0.25, -0.2) is 13.6 Å². The molecule has 1 aromatic rings. The molecule has 1 heterocycles. The normalized spacial score (nSPS) is 20.4. The van der Waals surface area contributed by atoms with Crippen molar-refractivity contribution < 1.29 is 13.2 Å². The molecule has 0 spiro atoms. The molecule has 0 bridgehead atoms. The Bertz CT molecular complexity index is 591. The Kier molecular flexibility index (Phi) is 5.04. The van der Waals surface area contributed by atoms with Crippen LogP contribution in [0.25, 0.3) is 0 Å². The van der Waals surface area contributed by atoms with Crippen molar-refractivity contribution in [2.75, 3.05) is 43.8 Å². The fourth-order valence-electron chi connectivity index (χ4n) is 2.36. The van der Waals surface area contributed by atoms with E-state index in [2.05, 4.69) is 17.1 Å². The summed E-state index contributed by atoms with van der Waals surface area (Å²) in [7, 11) is -3.82. The summed E-state index contributed by atoms with van der Waals surface area (Å²) < 4.78 is 28.5. The molecule has 0 aliphatic carbocycles. The zero-order valence-corrected chi connectivity index (χ0v) is 12.9. The van der Waals surface area contributed by atoms with Crippen LogP contribution in [0, 0.1) is 0 Å². The van der Waals surface area contributed by atoms with Crippen molar-refractivity contribution in [2.45, 2.75) is 17.9 Å². The summed E-state index contributed by atoms with van der Waals surface area (Å²) in [6, 6.07) is 4.73. The van der Waals surface area contributed by atoms with E-state index < -0.39 is 10.0 Å². The molecule has 1 atom stereocenters. The highest BCUT2D eigenvalue weighted by atomic mass is 32.2. The molecule has 118 valence electrons. The van der Waals surface area contributed by atoms with Crippen LogP contribution in [-0.4, -0.2) is 52.2 Å². The van der Waals surface area contributed by atoms with Gasteiger partial charge < -0.3 is 15.8 Å². The molecule has 1 fully saturated rings. The molecular weight excluding hydrogens is 292 g/mol. The highest BCUT2D eigenvalue weighted by Gasteiger charge is 2.20. The summed E-state index contributed by atoms with van der Waals surface area (Å²) in [4.78, 5) is 2.24. The molecule has 1 aliphatic rings. The van der Waals surface area contributed by atoms with E-state index in [0.717, 1.165) is 19.6 Å². The smallest absolute Gasteiger partial charge is 0.240 e. The number of ether oxygens (including phenoxy) is 1. The van der Waals surface area contributed by atoms with Crippen LogP contribution in [0.2, 0.25) is 0 Å². The van der Waals surface area contributed by atoms with Gasteiger partial charge in [-0.2, -0.15) is 0 Å². The van der Waals surface area contributed by atoms with E-state index in [1.807, 2.05) is 0 Å². The number of primary sulfonamides is 1. The van der Waals surface area contributed by atoms with E-state index in [9.17, 15) is 8.42 Å². The van der Waals surface area contributed by atoms with Crippen LogP contribution < -0.4 is 16.2 Å². The van der Waals surface area contributed by atoms with Gasteiger partial charge in [0.15, 0.2) is 0 Å². The lowest BCUT2D eigenvalue weighted by atomic mass is 10.2. The largest absolute Gasteiger partial charge is 0.396 e. The van der Waals surface area contributed by atoms with Gasteiger partial charge in [0.2, 0.25) is 10.0 Å². The minimum absolute atomic E-state index is 0.0521. The molecular formula is C13H22N4O3S. The number of morpholine rings is 1. The number of nitrogens with one attached hydrogen (secondary N) is 1. The molecule has 8 heteroatoms. The van der Waals surface area contributed by atoms with E-state index in [-0.39, 0.29) is 16.7 Å². The molecule has 5 N–H and O–H groups in total. The van der Waals surface area contributed by atoms with Gasteiger partial charge in [-0.3, -0.25) is 4.90 Å². The number of nitrogen functional groups attached to an aromatic ring is 1. The third kappa shape index (κ3) is 4.07. The first-order valence-corrected chi connectivity index (χ1v) is 8.45. The van der Waals surface area contributed by atoms with Gasteiger partial charge in [0.1, 0.15) is 4.90 Å². The maximum atomic E-state index is 11.4. The zero-order chi connectivity index (χ0) is 15.5. The number of anilines is 2. The van der Waals surface area contributed by atoms with Crippen LogP contribution in [0.5, 0.6) is 0 Å². The molecule has 2 rings (SSSR count). The molecule has 0 saturated carbocycles. The zero-order valence-electron chi connectivity index (χ0n) is 12.1. The summed E-state index contributed by atoms with van der Waals surface area (Å²) in [5, 5.41) is 8.28. The van der Waals surface area contributed by atoms with Gasteiger partial charge in [0, 0.05) is 19.6 Å². The van der Waals surface area contributed by atoms with Crippen molar-refractivity contribution in [1.82, 2.24) is 4.90 Å². The van der Waals surface area contributed by atoms with Gasteiger partial charge in [-0.15, -0.1) is 0 Å². The number of likely N-dealkylation sites (N-methyl/N-ethyl adjacent to an activating group) is 1.